The molecule has 0 radical (unpaired) electrons. The van der Waals surface area contributed by atoms with Crippen LogP contribution in [0.5, 0.6) is 0 Å². The van der Waals surface area contributed by atoms with Crippen LogP contribution < -0.4 is 4.99 Å². The van der Waals surface area contributed by atoms with E-state index >= 15 is 0 Å². The van der Waals surface area contributed by atoms with Crippen LogP contribution in [0.15, 0.2) is 79.0 Å². The maximum absolute atomic E-state index is 9.08. The van der Waals surface area contributed by atoms with E-state index in [1.54, 1.807) is 0 Å². The number of nitrogens with one attached hydrogen (secondary N) is 2. The molecular formula is C25H22N2O3S. The summed E-state index contributed by atoms with van der Waals surface area (Å²) in [5, 5.41) is 1.24. The Balaban J connectivity index is 0.000000418. The molecule has 0 amide bonds. The summed E-state index contributed by atoms with van der Waals surface area (Å²) in [5.41, 5.74) is 9.77. The number of aromatic amines is 1. The molecule has 0 saturated carbocycles. The molecule has 4 aromatic rings. The van der Waals surface area contributed by atoms with Crippen LogP contribution in [0.2, 0.25) is 0 Å². The van der Waals surface area contributed by atoms with Gasteiger partial charge in [0.25, 0.3) is 0 Å². The third-order valence-electron chi connectivity index (χ3n) is 5.06. The molecule has 1 aliphatic rings. The van der Waals surface area contributed by atoms with E-state index in [2.05, 4.69) is 102 Å². The van der Waals surface area contributed by atoms with Gasteiger partial charge < -0.3 is 9.54 Å². The van der Waals surface area contributed by atoms with Gasteiger partial charge in [-0.25, -0.2) is 13.4 Å². The summed E-state index contributed by atoms with van der Waals surface area (Å²) in [5.74, 6) is 0. The Bertz CT molecular complexity index is 1400. The Hall–Kier alpha value is -3.48. The molecule has 5 nitrogen and oxygen atoms in total. The number of fused-ring (bicyclic) bond motifs is 2. The van der Waals surface area contributed by atoms with E-state index in [0.717, 1.165) is 11.2 Å². The van der Waals surface area contributed by atoms with Gasteiger partial charge in [-0.1, -0.05) is 60.2 Å². The van der Waals surface area contributed by atoms with Gasteiger partial charge in [0.05, 0.1) is 21.3 Å². The quantitative estimate of drug-likeness (QED) is 0.478. The van der Waals surface area contributed by atoms with Crippen molar-refractivity contribution in [3.05, 3.63) is 101 Å². The van der Waals surface area contributed by atoms with E-state index in [0.29, 0.717) is 6.26 Å². The lowest BCUT2D eigenvalue weighted by atomic mass is 9.90. The summed E-state index contributed by atoms with van der Waals surface area (Å²) in [6.45, 7) is 2.13. The van der Waals surface area contributed by atoms with Crippen molar-refractivity contribution in [3.63, 3.8) is 0 Å². The largest absolute Gasteiger partial charge is 0.748 e. The standard InChI is InChI=1S/C24H18N2.CH4O3S/c1-16-10-12-17(13-11-16)24(20-14-25-22-8-4-2-6-18(20)22)21-15-26-23-9-5-3-7-19(21)23;1-5(2,3)4/h2-15,25H,1H3;1H3,(H,2,3,4). The summed E-state index contributed by atoms with van der Waals surface area (Å²) >= 11 is 0. The Morgan fingerprint density at radius 2 is 1.58 bits per heavy atom. The molecule has 31 heavy (non-hydrogen) atoms. The van der Waals surface area contributed by atoms with Gasteiger partial charge in [0.15, 0.2) is 6.21 Å². The highest BCUT2D eigenvalue weighted by atomic mass is 32.2. The summed E-state index contributed by atoms with van der Waals surface area (Å²) in [7, 11) is -3.92. The van der Waals surface area contributed by atoms with Crippen LogP contribution in [0.1, 0.15) is 22.3 Å². The lowest BCUT2D eigenvalue weighted by Gasteiger charge is -2.10. The van der Waals surface area contributed by atoms with Gasteiger partial charge in [-0.05, 0) is 24.6 Å². The lowest BCUT2D eigenvalue weighted by Crippen LogP contribution is -2.58. The van der Waals surface area contributed by atoms with Crippen molar-refractivity contribution in [1.82, 2.24) is 4.98 Å². The normalized spacial score (nSPS) is 14.2. The fourth-order valence-electron chi connectivity index (χ4n) is 3.73. The Morgan fingerprint density at radius 3 is 2.32 bits per heavy atom. The SMILES string of the molecule is CS(=O)(=O)[O-].Cc1ccc(C(=C2C=[NH+]c3ccccc32)c2c[nH]c3ccccc23)cc1. The third kappa shape index (κ3) is 4.66. The van der Waals surface area contributed by atoms with E-state index in [4.69, 9.17) is 13.0 Å². The van der Waals surface area contributed by atoms with Crippen LogP contribution in [-0.4, -0.2) is 30.4 Å². The van der Waals surface area contributed by atoms with Crippen molar-refractivity contribution in [2.24, 2.45) is 0 Å². The number of aromatic nitrogens is 1. The third-order valence-corrected chi connectivity index (χ3v) is 5.06. The van der Waals surface area contributed by atoms with Crippen molar-refractivity contribution in [2.45, 2.75) is 6.92 Å². The minimum Gasteiger partial charge on any atom is -0.748 e. The molecule has 6 heteroatoms. The molecule has 0 spiro atoms. The molecule has 0 unspecified atom stereocenters. The van der Waals surface area contributed by atoms with Gasteiger partial charge in [0.1, 0.15) is 0 Å². The number of benzene rings is 3. The summed E-state index contributed by atoms with van der Waals surface area (Å²) < 4.78 is 27.2. The zero-order valence-corrected chi connectivity index (χ0v) is 18.0. The van der Waals surface area contributed by atoms with E-state index in [-0.39, 0.29) is 0 Å². The molecule has 0 fully saturated rings. The Kier molecular flexibility index (Phi) is 5.59. The first-order valence-electron chi connectivity index (χ1n) is 9.79. The van der Waals surface area contributed by atoms with E-state index in [1.807, 2.05) is 0 Å². The molecule has 1 aromatic heterocycles. The van der Waals surface area contributed by atoms with Crippen molar-refractivity contribution in [1.29, 1.82) is 0 Å². The van der Waals surface area contributed by atoms with Crippen LogP contribution in [0.4, 0.5) is 5.69 Å². The number of allylic oxidation sites excluding steroid dienone is 1. The summed E-state index contributed by atoms with van der Waals surface area (Å²) in [4.78, 5) is 6.86. The molecule has 0 saturated heterocycles. The smallest absolute Gasteiger partial charge is 0.211 e. The molecular weight excluding hydrogens is 408 g/mol. The number of hydrogen-bond donors (Lipinski definition) is 2. The number of hydrogen-bond acceptors (Lipinski definition) is 3. The highest BCUT2D eigenvalue weighted by Gasteiger charge is 2.24. The van der Waals surface area contributed by atoms with E-state index < -0.39 is 10.1 Å². The van der Waals surface area contributed by atoms with E-state index in [9.17, 15) is 0 Å². The van der Waals surface area contributed by atoms with Crippen LogP contribution >= 0.6 is 0 Å². The fourth-order valence-corrected chi connectivity index (χ4v) is 3.73. The lowest BCUT2D eigenvalue weighted by molar-refractivity contribution is -0.342. The first kappa shape index (κ1) is 20.8. The molecule has 0 bridgehead atoms. The van der Waals surface area contributed by atoms with Crippen molar-refractivity contribution >= 4 is 44.1 Å². The molecule has 0 atom stereocenters. The predicted molar refractivity (Wildman–Crippen MR) is 124 cm³/mol. The zero-order valence-electron chi connectivity index (χ0n) is 17.2. The van der Waals surface area contributed by atoms with Gasteiger partial charge in [0.2, 0.25) is 5.69 Å². The Labute approximate surface area is 181 Å². The molecule has 3 aromatic carbocycles. The Morgan fingerprint density at radius 1 is 0.935 bits per heavy atom. The second-order valence-corrected chi connectivity index (χ2v) is 8.85. The van der Waals surface area contributed by atoms with Gasteiger partial charge >= 0.3 is 0 Å². The van der Waals surface area contributed by atoms with Crippen molar-refractivity contribution in [2.75, 3.05) is 6.26 Å². The summed E-state index contributed by atoms with van der Waals surface area (Å²) in [6.07, 6.45) is 4.86. The average molecular weight is 431 g/mol. The summed E-state index contributed by atoms with van der Waals surface area (Å²) in [6, 6.07) is 25.7. The van der Waals surface area contributed by atoms with Gasteiger partial charge in [-0.15, -0.1) is 0 Å². The van der Waals surface area contributed by atoms with Crippen LogP contribution in [-0.2, 0) is 10.1 Å². The fraction of sp³-hybridized carbons (Fsp3) is 0.0800. The first-order chi connectivity index (χ1) is 14.8. The highest BCUT2D eigenvalue weighted by Crippen LogP contribution is 2.37. The second-order valence-electron chi connectivity index (χ2n) is 7.44. The zero-order chi connectivity index (χ0) is 22.0. The maximum Gasteiger partial charge on any atom is 0.211 e. The predicted octanol–water partition coefficient (Wildman–Crippen LogP) is 3.39. The number of rotatable bonds is 2. The second kappa shape index (κ2) is 8.34. The molecule has 1 aliphatic heterocycles. The average Bonchev–Trinajstić information content (AvgIpc) is 3.34. The van der Waals surface area contributed by atoms with Crippen LogP contribution in [0.3, 0.4) is 0 Å². The molecule has 2 N–H and O–H groups in total. The van der Waals surface area contributed by atoms with Crippen molar-refractivity contribution < 1.29 is 18.0 Å². The minimum atomic E-state index is -3.92. The van der Waals surface area contributed by atoms with Crippen LogP contribution in [0.25, 0.3) is 22.0 Å². The number of H-pyrrole nitrogens is 1. The highest BCUT2D eigenvalue weighted by molar-refractivity contribution is 7.84. The van der Waals surface area contributed by atoms with Crippen LogP contribution in [0, 0.1) is 6.92 Å². The van der Waals surface area contributed by atoms with Gasteiger partial charge in [-0.3, -0.25) is 0 Å². The van der Waals surface area contributed by atoms with Gasteiger partial charge in [-0.2, -0.15) is 0 Å². The maximum atomic E-state index is 9.08. The molecule has 2 heterocycles. The van der Waals surface area contributed by atoms with E-state index in [1.165, 1.54) is 38.8 Å². The monoisotopic (exact) mass is 430 g/mol. The molecule has 5 rings (SSSR count). The topological polar surface area (TPSA) is 87.0 Å². The first-order valence-corrected chi connectivity index (χ1v) is 11.6. The number of para-hydroxylation sites is 2. The van der Waals surface area contributed by atoms with Crippen molar-refractivity contribution in [3.8, 4) is 0 Å². The number of aryl methyl sites for hydroxylation is 1. The molecule has 156 valence electrons. The van der Waals surface area contributed by atoms with Gasteiger partial charge in [0, 0.05) is 40.6 Å². The molecule has 0 aliphatic carbocycles. The minimum absolute atomic E-state index is 0.604.